The summed E-state index contributed by atoms with van der Waals surface area (Å²) < 4.78 is 17.0. The molecule has 1 aliphatic rings. The summed E-state index contributed by atoms with van der Waals surface area (Å²) in [4.78, 5) is 0. The highest BCUT2D eigenvalue weighted by molar-refractivity contribution is 5.39. The van der Waals surface area contributed by atoms with E-state index in [4.69, 9.17) is 14.2 Å². The largest absolute Gasteiger partial charge is 0.497 e. The lowest BCUT2D eigenvalue weighted by Gasteiger charge is -2.33. The van der Waals surface area contributed by atoms with E-state index in [0.29, 0.717) is 6.61 Å². The minimum atomic E-state index is -0.0710. The van der Waals surface area contributed by atoms with Gasteiger partial charge in [0.2, 0.25) is 0 Å². The van der Waals surface area contributed by atoms with Crippen LogP contribution >= 0.6 is 0 Å². The molecule has 2 atom stereocenters. The van der Waals surface area contributed by atoms with Crippen molar-refractivity contribution < 1.29 is 14.2 Å². The molecule has 0 radical (unpaired) electrons. The zero-order valence-corrected chi connectivity index (χ0v) is 12.2. The van der Waals surface area contributed by atoms with E-state index in [1.54, 1.807) is 7.11 Å². The molecule has 0 saturated carbocycles. The number of fused-ring (bicyclic) bond motifs is 1. The minimum absolute atomic E-state index is 0.0710. The number of hydrogen-bond acceptors (Lipinski definition) is 4. The third-order valence-corrected chi connectivity index (χ3v) is 3.69. The van der Waals surface area contributed by atoms with Crippen LogP contribution in [0.3, 0.4) is 0 Å². The third-order valence-electron chi connectivity index (χ3n) is 3.69. The molecular weight excluding hydrogens is 266 g/mol. The van der Waals surface area contributed by atoms with Crippen LogP contribution in [0, 0.1) is 0 Å². The monoisotopic (exact) mass is 285 g/mol. The summed E-state index contributed by atoms with van der Waals surface area (Å²) in [7, 11) is 3.59. The lowest BCUT2D eigenvalue weighted by atomic mass is 9.98. The van der Waals surface area contributed by atoms with E-state index in [1.807, 2.05) is 49.5 Å². The second kappa shape index (κ2) is 6.06. The molecule has 4 heteroatoms. The van der Waals surface area contributed by atoms with Gasteiger partial charge in [0.1, 0.15) is 23.9 Å². The standard InChI is InChI=1S/C17H19NO3/c1-18-17-14-5-3-4-6-15(14)20-11-16(17)21-13-9-7-12(19-2)8-10-13/h3-10,16-18H,11H2,1-2H3. The van der Waals surface area contributed by atoms with Crippen molar-refractivity contribution >= 4 is 0 Å². The van der Waals surface area contributed by atoms with Gasteiger partial charge in [-0.15, -0.1) is 0 Å². The van der Waals surface area contributed by atoms with E-state index < -0.39 is 0 Å². The zero-order chi connectivity index (χ0) is 14.7. The molecule has 0 amide bonds. The molecule has 110 valence electrons. The molecule has 1 aliphatic heterocycles. The molecule has 0 bridgehead atoms. The predicted octanol–water partition coefficient (Wildman–Crippen LogP) is 2.80. The number of hydrogen-bond donors (Lipinski definition) is 1. The van der Waals surface area contributed by atoms with Crippen LogP contribution < -0.4 is 19.5 Å². The lowest BCUT2D eigenvalue weighted by molar-refractivity contribution is 0.0773. The maximum absolute atomic E-state index is 6.07. The minimum Gasteiger partial charge on any atom is -0.497 e. The highest BCUT2D eigenvalue weighted by Crippen LogP contribution is 2.33. The third kappa shape index (κ3) is 2.81. The van der Waals surface area contributed by atoms with Crippen LogP contribution in [0.5, 0.6) is 17.2 Å². The Morgan fingerprint density at radius 3 is 2.48 bits per heavy atom. The van der Waals surface area contributed by atoms with E-state index in [-0.39, 0.29) is 12.1 Å². The quantitative estimate of drug-likeness (QED) is 0.937. The van der Waals surface area contributed by atoms with Crippen molar-refractivity contribution in [2.45, 2.75) is 12.1 Å². The van der Waals surface area contributed by atoms with Crippen LogP contribution in [0.25, 0.3) is 0 Å². The highest BCUT2D eigenvalue weighted by atomic mass is 16.5. The lowest BCUT2D eigenvalue weighted by Crippen LogP contribution is -2.41. The Kier molecular flexibility index (Phi) is 3.97. The van der Waals surface area contributed by atoms with Gasteiger partial charge in [0.25, 0.3) is 0 Å². The van der Waals surface area contributed by atoms with E-state index in [0.717, 1.165) is 22.8 Å². The summed E-state index contributed by atoms with van der Waals surface area (Å²) in [6.45, 7) is 0.522. The smallest absolute Gasteiger partial charge is 0.152 e. The summed E-state index contributed by atoms with van der Waals surface area (Å²) in [6.07, 6.45) is -0.0710. The van der Waals surface area contributed by atoms with E-state index >= 15 is 0 Å². The fourth-order valence-corrected chi connectivity index (χ4v) is 2.61. The summed E-state index contributed by atoms with van der Waals surface area (Å²) in [6, 6.07) is 15.8. The van der Waals surface area contributed by atoms with Gasteiger partial charge >= 0.3 is 0 Å². The molecule has 0 fully saturated rings. The van der Waals surface area contributed by atoms with Gasteiger partial charge in [-0.1, -0.05) is 18.2 Å². The molecule has 1 N–H and O–H groups in total. The van der Waals surface area contributed by atoms with Gasteiger partial charge in [-0.3, -0.25) is 0 Å². The molecule has 21 heavy (non-hydrogen) atoms. The first-order chi connectivity index (χ1) is 10.3. The topological polar surface area (TPSA) is 39.7 Å². The highest BCUT2D eigenvalue weighted by Gasteiger charge is 2.31. The molecule has 4 nitrogen and oxygen atoms in total. The first-order valence-electron chi connectivity index (χ1n) is 7.01. The predicted molar refractivity (Wildman–Crippen MR) is 81.1 cm³/mol. The van der Waals surface area contributed by atoms with Crippen LogP contribution in [-0.4, -0.2) is 26.9 Å². The number of rotatable bonds is 4. The van der Waals surface area contributed by atoms with Crippen LogP contribution in [-0.2, 0) is 0 Å². The van der Waals surface area contributed by atoms with Crippen LogP contribution in [0.15, 0.2) is 48.5 Å². The molecule has 1 heterocycles. The number of likely N-dealkylation sites (N-methyl/N-ethyl adjacent to an activating group) is 1. The van der Waals surface area contributed by atoms with Gasteiger partial charge in [0.05, 0.1) is 13.2 Å². The number of ether oxygens (including phenoxy) is 3. The van der Waals surface area contributed by atoms with Crippen molar-refractivity contribution in [3.63, 3.8) is 0 Å². The SMILES string of the molecule is CNC1c2ccccc2OCC1Oc1ccc(OC)cc1. The Bertz CT molecular complexity index is 597. The second-order valence-corrected chi connectivity index (χ2v) is 4.95. The van der Waals surface area contributed by atoms with E-state index in [2.05, 4.69) is 11.4 Å². The van der Waals surface area contributed by atoms with Crippen LogP contribution in [0.1, 0.15) is 11.6 Å². The molecule has 2 aromatic carbocycles. The number of methoxy groups -OCH3 is 1. The molecule has 0 saturated heterocycles. The summed E-state index contributed by atoms with van der Waals surface area (Å²) in [5, 5.41) is 3.32. The van der Waals surface area contributed by atoms with Gasteiger partial charge in [-0.2, -0.15) is 0 Å². The Balaban J connectivity index is 1.79. The van der Waals surface area contributed by atoms with Gasteiger partial charge in [-0.05, 0) is 37.4 Å². The molecule has 0 aromatic heterocycles. The van der Waals surface area contributed by atoms with Gasteiger partial charge < -0.3 is 19.5 Å². The average molecular weight is 285 g/mol. The molecule has 3 rings (SSSR count). The molecule has 2 aromatic rings. The fraction of sp³-hybridized carbons (Fsp3) is 0.294. The van der Waals surface area contributed by atoms with Gasteiger partial charge in [-0.25, -0.2) is 0 Å². The maximum Gasteiger partial charge on any atom is 0.152 e. The van der Waals surface area contributed by atoms with Gasteiger partial charge in [0, 0.05) is 5.56 Å². The van der Waals surface area contributed by atoms with Crippen molar-refractivity contribution in [2.24, 2.45) is 0 Å². The number of nitrogens with one attached hydrogen (secondary N) is 1. The van der Waals surface area contributed by atoms with Crippen LogP contribution in [0.4, 0.5) is 0 Å². The summed E-state index contributed by atoms with van der Waals surface area (Å²) in [5.41, 5.74) is 1.13. The normalized spacial score (nSPS) is 20.3. The first kappa shape index (κ1) is 13.8. The summed E-state index contributed by atoms with van der Waals surface area (Å²) >= 11 is 0. The van der Waals surface area contributed by atoms with Crippen molar-refractivity contribution in [3.8, 4) is 17.2 Å². The number of para-hydroxylation sites is 1. The van der Waals surface area contributed by atoms with Crippen LogP contribution in [0.2, 0.25) is 0 Å². The molecule has 0 spiro atoms. The van der Waals surface area contributed by atoms with Crippen molar-refractivity contribution in [2.75, 3.05) is 20.8 Å². The Hall–Kier alpha value is -2.20. The molecule has 0 aliphatic carbocycles. The maximum atomic E-state index is 6.07. The van der Waals surface area contributed by atoms with Crippen molar-refractivity contribution in [1.82, 2.24) is 5.32 Å². The first-order valence-corrected chi connectivity index (χ1v) is 7.01. The fourth-order valence-electron chi connectivity index (χ4n) is 2.61. The molecular formula is C17H19NO3. The molecule has 2 unspecified atom stereocenters. The van der Waals surface area contributed by atoms with E-state index in [1.165, 1.54) is 0 Å². The van der Waals surface area contributed by atoms with E-state index in [9.17, 15) is 0 Å². The number of benzene rings is 2. The Morgan fingerprint density at radius 1 is 1.05 bits per heavy atom. The average Bonchev–Trinajstić information content (AvgIpc) is 2.55. The van der Waals surface area contributed by atoms with Crippen molar-refractivity contribution in [1.29, 1.82) is 0 Å². The Labute approximate surface area is 124 Å². The summed E-state index contributed by atoms with van der Waals surface area (Å²) in [5.74, 6) is 2.55. The van der Waals surface area contributed by atoms with Gasteiger partial charge in [0.15, 0.2) is 6.10 Å². The second-order valence-electron chi connectivity index (χ2n) is 4.95. The Morgan fingerprint density at radius 2 is 1.76 bits per heavy atom. The van der Waals surface area contributed by atoms with Crippen molar-refractivity contribution in [3.05, 3.63) is 54.1 Å². The zero-order valence-electron chi connectivity index (χ0n) is 12.2.